The van der Waals surface area contributed by atoms with Crippen LogP contribution < -0.4 is 0 Å². The van der Waals surface area contributed by atoms with Crippen LogP contribution in [-0.2, 0) is 16.6 Å². The summed E-state index contributed by atoms with van der Waals surface area (Å²) >= 11 is 0. The van der Waals surface area contributed by atoms with Crippen LogP contribution in [0.15, 0.2) is 54.6 Å². The van der Waals surface area contributed by atoms with Crippen LogP contribution in [0.4, 0.5) is 0 Å². The van der Waals surface area contributed by atoms with Crippen molar-refractivity contribution in [2.24, 2.45) is 5.92 Å². The molecule has 0 saturated carbocycles. The van der Waals surface area contributed by atoms with Crippen LogP contribution in [0.2, 0.25) is 0 Å². The van der Waals surface area contributed by atoms with E-state index in [4.69, 9.17) is 0 Å². The maximum Gasteiger partial charge on any atom is 0.324 e. The van der Waals surface area contributed by atoms with Crippen molar-refractivity contribution in [2.75, 3.05) is 13.1 Å². The summed E-state index contributed by atoms with van der Waals surface area (Å²) in [7, 11) is 0. The smallest absolute Gasteiger partial charge is 0.324 e. The number of aromatic hydroxyl groups is 1. The predicted molar refractivity (Wildman–Crippen MR) is 107 cm³/mol. The fraction of sp³-hybridized carbons (Fsp3) is 0.435. The molecule has 0 spiro atoms. The van der Waals surface area contributed by atoms with Crippen molar-refractivity contribution < 1.29 is 15.0 Å². The Morgan fingerprint density at radius 1 is 1.22 bits per heavy atom. The van der Waals surface area contributed by atoms with Crippen LogP contribution in [0.25, 0.3) is 0 Å². The number of piperidine rings is 1. The molecule has 0 amide bonds. The molecule has 4 nitrogen and oxygen atoms in total. The Morgan fingerprint density at radius 2 is 1.93 bits per heavy atom. The molecule has 3 unspecified atom stereocenters. The van der Waals surface area contributed by atoms with Gasteiger partial charge in [0.2, 0.25) is 0 Å². The molecule has 27 heavy (non-hydrogen) atoms. The molecule has 1 aliphatic rings. The number of rotatable bonds is 5. The van der Waals surface area contributed by atoms with Crippen LogP contribution in [0.1, 0.15) is 38.3 Å². The molecule has 1 fully saturated rings. The second-order valence-corrected chi connectivity index (χ2v) is 8.31. The summed E-state index contributed by atoms with van der Waals surface area (Å²) in [5, 5.41) is 19.9. The average molecular weight is 367 g/mol. The number of phenols is 1. The lowest BCUT2D eigenvalue weighted by Gasteiger charge is -2.50. The minimum absolute atomic E-state index is 0.0819. The van der Waals surface area contributed by atoms with E-state index in [1.54, 1.807) is 6.07 Å². The molecule has 1 saturated heterocycles. The van der Waals surface area contributed by atoms with Crippen LogP contribution in [-0.4, -0.2) is 39.7 Å². The van der Waals surface area contributed by atoms with E-state index in [0.717, 1.165) is 17.5 Å². The summed E-state index contributed by atoms with van der Waals surface area (Å²) < 4.78 is 0. The summed E-state index contributed by atoms with van der Waals surface area (Å²) in [4.78, 5) is 14.4. The van der Waals surface area contributed by atoms with E-state index in [1.807, 2.05) is 49.4 Å². The molecule has 1 heterocycles. The van der Waals surface area contributed by atoms with E-state index in [1.165, 1.54) is 0 Å². The monoisotopic (exact) mass is 367 g/mol. The first-order chi connectivity index (χ1) is 12.8. The number of aliphatic carboxylic acids is 1. The molecule has 4 heteroatoms. The van der Waals surface area contributed by atoms with Crippen molar-refractivity contribution in [1.29, 1.82) is 0 Å². The molecule has 0 aliphatic carbocycles. The van der Waals surface area contributed by atoms with Gasteiger partial charge in [-0.25, -0.2) is 0 Å². The highest BCUT2D eigenvalue weighted by Crippen LogP contribution is 2.42. The Morgan fingerprint density at radius 3 is 2.52 bits per heavy atom. The van der Waals surface area contributed by atoms with Crippen LogP contribution in [0.5, 0.6) is 5.75 Å². The van der Waals surface area contributed by atoms with Crippen molar-refractivity contribution in [3.05, 3.63) is 65.7 Å². The van der Waals surface area contributed by atoms with Gasteiger partial charge in [-0.2, -0.15) is 0 Å². The first-order valence-electron chi connectivity index (χ1n) is 9.57. The maximum atomic E-state index is 12.2. The van der Waals surface area contributed by atoms with Gasteiger partial charge in [0.25, 0.3) is 0 Å². The Balaban J connectivity index is 1.83. The molecular weight excluding hydrogens is 338 g/mol. The zero-order valence-electron chi connectivity index (χ0n) is 16.4. The van der Waals surface area contributed by atoms with Gasteiger partial charge in [-0.1, -0.05) is 56.3 Å². The summed E-state index contributed by atoms with van der Waals surface area (Å²) in [6.07, 6.45) is 1.34. The predicted octanol–water partition coefficient (Wildman–Crippen LogP) is 4.08. The van der Waals surface area contributed by atoms with Crippen LogP contribution >= 0.6 is 0 Å². The quantitative estimate of drug-likeness (QED) is 0.836. The fourth-order valence-corrected chi connectivity index (χ4v) is 4.29. The molecular formula is C23H29NO3. The average Bonchev–Trinajstić information content (AvgIpc) is 2.64. The van der Waals surface area contributed by atoms with Crippen molar-refractivity contribution >= 4 is 5.97 Å². The lowest BCUT2D eigenvalue weighted by Crippen LogP contribution is -2.60. The number of phenolic OH excluding ortho intramolecular Hbond substituents is 1. The Bertz CT molecular complexity index is 806. The van der Waals surface area contributed by atoms with E-state index < -0.39 is 11.5 Å². The fourth-order valence-electron chi connectivity index (χ4n) is 4.29. The number of likely N-dealkylation sites (tertiary alicyclic amines) is 1. The summed E-state index contributed by atoms with van der Waals surface area (Å²) in [5.74, 6) is -0.232. The van der Waals surface area contributed by atoms with E-state index in [9.17, 15) is 15.0 Å². The zero-order chi connectivity index (χ0) is 19.7. The molecule has 1 aliphatic heterocycles. The maximum absolute atomic E-state index is 12.2. The molecule has 0 bridgehead atoms. The van der Waals surface area contributed by atoms with Gasteiger partial charge in [0.1, 0.15) is 11.3 Å². The summed E-state index contributed by atoms with van der Waals surface area (Å²) in [5.41, 5.74) is 1.14. The molecule has 3 atom stereocenters. The topological polar surface area (TPSA) is 60.8 Å². The molecule has 2 aromatic carbocycles. The Labute approximate surface area is 161 Å². The Hall–Kier alpha value is -2.33. The minimum Gasteiger partial charge on any atom is -0.508 e. The van der Waals surface area contributed by atoms with Crippen molar-refractivity contribution in [3.63, 3.8) is 0 Å². The number of benzene rings is 2. The summed E-state index contributed by atoms with van der Waals surface area (Å²) in [6.45, 7) is 7.67. The number of hydrogen-bond acceptors (Lipinski definition) is 3. The molecule has 0 radical (unpaired) electrons. The highest BCUT2D eigenvalue weighted by molar-refractivity contribution is 5.78. The van der Waals surface area contributed by atoms with Crippen molar-refractivity contribution in [1.82, 2.24) is 4.90 Å². The number of hydrogen-bond donors (Lipinski definition) is 2. The van der Waals surface area contributed by atoms with E-state index in [2.05, 4.69) is 24.8 Å². The first-order valence-corrected chi connectivity index (χ1v) is 9.57. The van der Waals surface area contributed by atoms with Gasteiger partial charge in [-0.3, -0.25) is 9.69 Å². The molecule has 144 valence electrons. The number of carbonyl (C=O) groups is 1. The zero-order valence-corrected chi connectivity index (χ0v) is 16.4. The standard InChI is InChI=1S/C23H29NO3/c1-17-16-24(13-12-22(17,2)19-10-7-11-20(25)14-19)23(3,21(26)27)15-18-8-5-4-6-9-18/h4-11,14,17,25H,12-13,15-16H2,1-3H3,(H,26,27). The minimum atomic E-state index is -0.935. The van der Waals surface area contributed by atoms with Gasteiger partial charge < -0.3 is 10.2 Å². The highest BCUT2D eigenvalue weighted by Gasteiger charge is 2.46. The van der Waals surface area contributed by atoms with Crippen molar-refractivity contribution in [2.45, 2.75) is 44.6 Å². The summed E-state index contributed by atoms with van der Waals surface area (Å²) in [6, 6.07) is 17.3. The van der Waals surface area contributed by atoms with Gasteiger partial charge >= 0.3 is 5.97 Å². The van der Waals surface area contributed by atoms with Gasteiger partial charge in [-0.05, 0) is 47.9 Å². The van der Waals surface area contributed by atoms with E-state index >= 15 is 0 Å². The second kappa shape index (κ2) is 7.35. The van der Waals surface area contributed by atoms with Crippen molar-refractivity contribution in [3.8, 4) is 5.75 Å². The van der Waals surface area contributed by atoms with Crippen LogP contribution in [0.3, 0.4) is 0 Å². The highest BCUT2D eigenvalue weighted by atomic mass is 16.4. The van der Waals surface area contributed by atoms with Gasteiger partial charge in [0.15, 0.2) is 0 Å². The molecule has 0 aromatic heterocycles. The molecule has 2 aromatic rings. The molecule has 2 N–H and O–H groups in total. The van der Waals surface area contributed by atoms with Gasteiger partial charge in [0.05, 0.1) is 0 Å². The lowest BCUT2D eigenvalue weighted by atomic mass is 9.67. The van der Waals surface area contributed by atoms with Crippen LogP contribution in [0, 0.1) is 5.92 Å². The number of nitrogens with zero attached hydrogens (tertiary/aromatic N) is 1. The third-order valence-electron chi connectivity index (χ3n) is 6.54. The largest absolute Gasteiger partial charge is 0.508 e. The normalized spacial score (nSPS) is 25.7. The Kier molecular flexibility index (Phi) is 5.29. The number of carboxylic acid groups (broad SMARTS) is 1. The number of carboxylic acids is 1. The third kappa shape index (κ3) is 3.72. The third-order valence-corrected chi connectivity index (χ3v) is 6.54. The SMILES string of the molecule is CC1CN(C(C)(Cc2ccccc2)C(=O)O)CCC1(C)c1cccc(O)c1. The van der Waals surface area contributed by atoms with Gasteiger partial charge in [-0.15, -0.1) is 0 Å². The molecule has 3 rings (SSSR count). The first kappa shape index (κ1) is 19.4. The lowest BCUT2D eigenvalue weighted by molar-refractivity contribution is -0.152. The van der Waals surface area contributed by atoms with E-state index in [-0.39, 0.29) is 17.1 Å². The van der Waals surface area contributed by atoms with Gasteiger partial charge in [0, 0.05) is 19.5 Å². The second-order valence-electron chi connectivity index (χ2n) is 8.31. The van der Waals surface area contributed by atoms with E-state index in [0.29, 0.717) is 19.5 Å².